The molecule has 6 heteroatoms. The SMILES string of the molecule is CCOC(c1noc(-c2cc(N)ccc2Br)n1)C(C)(C)C. The molecule has 0 radical (unpaired) electrons. The number of ether oxygens (including phenoxy) is 1. The minimum absolute atomic E-state index is 0.121. The van der Waals surface area contributed by atoms with Gasteiger partial charge in [0.25, 0.3) is 5.89 Å². The zero-order valence-electron chi connectivity index (χ0n) is 12.7. The minimum atomic E-state index is -0.222. The summed E-state index contributed by atoms with van der Waals surface area (Å²) >= 11 is 3.47. The Morgan fingerprint density at radius 2 is 2.10 bits per heavy atom. The Bertz CT molecular complexity index is 620. The van der Waals surface area contributed by atoms with E-state index in [1.807, 2.05) is 19.1 Å². The summed E-state index contributed by atoms with van der Waals surface area (Å²) in [6.07, 6.45) is -0.222. The van der Waals surface area contributed by atoms with Crippen molar-refractivity contribution in [2.75, 3.05) is 12.3 Å². The Labute approximate surface area is 133 Å². The number of nitrogen functional groups attached to an aromatic ring is 1. The van der Waals surface area contributed by atoms with E-state index in [2.05, 4.69) is 46.8 Å². The van der Waals surface area contributed by atoms with Gasteiger partial charge in [-0.1, -0.05) is 25.9 Å². The Hall–Kier alpha value is -1.40. The van der Waals surface area contributed by atoms with Crippen molar-refractivity contribution in [3.8, 4) is 11.5 Å². The lowest BCUT2D eigenvalue weighted by Gasteiger charge is -2.27. The second-order valence-corrected chi connectivity index (χ2v) is 6.75. The van der Waals surface area contributed by atoms with Gasteiger partial charge in [0.1, 0.15) is 6.10 Å². The summed E-state index contributed by atoms with van der Waals surface area (Å²) in [4.78, 5) is 4.48. The van der Waals surface area contributed by atoms with E-state index in [1.54, 1.807) is 6.07 Å². The summed E-state index contributed by atoms with van der Waals surface area (Å²) in [7, 11) is 0. The molecule has 1 aromatic heterocycles. The summed E-state index contributed by atoms with van der Waals surface area (Å²) in [5.41, 5.74) is 7.11. The molecule has 2 aromatic rings. The first-order valence-corrected chi connectivity index (χ1v) is 7.63. The van der Waals surface area contributed by atoms with Crippen LogP contribution in [0.15, 0.2) is 27.2 Å². The van der Waals surface area contributed by atoms with Crippen molar-refractivity contribution in [2.45, 2.75) is 33.8 Å². The molecule has 2 N–H and O–H groups in total. The predicted molar refractivity (Wildman–Crippen MR) is 85.7 cm³/mol. The van der Waals surface area contributed by atoms with Gasteiger partial charge in [-0.3, -0.25) is 0 Å². The normalized spacial score (nSPS) is 13.4. The highest BCUT2D eigenvalue weighted by atomic mass is 79.9. The van der Waals surface area contributed by atoms with Crippen LogP contribution in [0.5, 0.6) is 0 Å². The monoisotopic (exact) mass is 353 g/mol. The summed E-state index contributed by atoms with van der Waals surface area (Å²) in [5, 5.41) is 4.08. The summed E-state index contributed by atoms with van der Waals surface area (Å²) in [6.45, 7) is 8.79. The third kappa shape index (κ3) is 3.63. The maximum absolute atomic E-state index is 5.81. The number of benzene rings is 1. The maximum Gasteiger partial charge on any atom is 0.259 e. The zero-order valence-corrected chi connectivity index (χ0v) is 14.3. The lowest BCUT2D eigenvalue weighted by atomic mass is 9.88. The number of nitrogens with zero attached hydrogens (tertiary/aromatic N) is 2. The molecule has 1 unspecified atom stereocenters. The molecular formula is C15H20BrN3O2. The van der Waals surface area contributed by atoms with Gasteiger partial charge < -0.3 is 15.0 Å². The lowest BCUT2D eigenvalue weighted by Crippen LogP contribution is -2.22. The first kappa shape index (κ1) is 16.0. The van der Waals surface area contributed by atoms with E-state index in [-0.39, 0.29) is 11.5 Å². The van der Waals surface area contributed by atoms with Crippen molar-refractivity contribution in [2.24, 2.45) is 5.41 Å². The van der Waals surface area contributed by atoms with Gasteiger partial charge in [0, 0.05) is 16.8 Å². The fraction of sp³-hybridized carbons (Fsp3) is 0.467. The molecule has 5 nitrogen and oxygen atoms in total. The van der Waals surface area contributed by atoms with Crippen LogP contribution in [0.3, 0.4) is 0 Å². The highest BCUT2D eigenvalue weighted by Gasteiger charge is 2.31. The van der Waals surface area contributed by atoms with Gasteiger partial charge in [0.15, 0.2) is 0 Å². The standard InChI is InChI=1S/C15H20BrN3O2/c1-5-20-12(15(2,3)4)13-18-14(21-19-13)10-8-9(17)6-7-11(10)16/h6-8,12H,5,17H2,1-4H3. The molecule has 0 bridgehead atoms. The molecule has 114 valence electrons. The smallest absolute Gasteiger partial charge is 0.259 e. The fourth-order valence-electron chi connectivity index (χ4n) is 2.04. The van der Waals surface area contributed by atoms with Crippen molar-refractivity contribution in [3.05, 3.63) is 28.5 Å². The quantitative estimate of drug-likeness (QED) is 0.833. The molecular weight excluding hydrogens is 334 g/mol. The van der Waals surface area contributed by atoms with Crippen LogP contribution in [-0.2, 0) is 4.74 Å². The second kappa shape index (κ2) is 6.15. The molecule has 0 fully saturated rings. The molecule has 1 heterocycles. The van der Waals surface area contributed by atoms with Crippen LogP contribution in [0, 0.1) is 5.41 Å². The second-order valence-electron chi connectivity index (χ2n) is 5.90. The van der Waals surface area contributed by atoms with E-state index in [4.69, 9.17) is 15.0 Å². The van der Waals surface area contributed by atoms with Crippen molar-refractivity contribution in [3.63, 3.8) is 0 Å². The van der Waals surface area contributed by atoms with Crippen LogP contribution in [0.2, 0.25) is 0 Å². The Morgan fingerprint density at radius 1 is 1.38 bits per heavy atom. The number of halogens is 1. The number of hydrogen-bond acceptors (Lipinski definition) is 5. The summed E-state index contributed by atoms with van der Waals surface area (Å²) in [6, 6.07) is 5.47. The van der Waals surface area contributed by atoms with Crippen LogP contribution in [-0.4, -0.2) is 16.7 Å². The van der Waals surface area contributed by atoms with Gasteiger partial charge in [-0.25, -0.2) is 0 Å². The highest BCUT2D eigenvalue weighted by Crippen LogP contribution is 2.36. The van der Waals surface area contributed by atoms with Crippen LogP contribution in [0.4, 0.5) is 5.69 Å². The van der Waals surface area contributed by atoms with Gasteiger partial charge in [0.05, 0.1) is 5.56 Å². The van der Waals surface area contributed by atoms with Crippen molar-refractivity contribution in [1.82, 2.24) is 10.1 Å². The number of hydrogen-bond donors (Lipinski definition) is 1. The molecule has 0 amide bonds. The molecule has 21 heavy (non-hydrogen) atoms. The number of aromatic nitrogens is 2. The third-order valence-electron chi connectivity index (χ3n) is 3.02. The molecule has 0 aliphatic rings. The van der Waals surface area contributed by atoms with Crippen LogP contribution >= 0.6 is 15.9 Å². The fourth-order valence-corrected chi connectivity index (χ4v) is 2.45. The number of nitrogens with two attached hydrogens (primary N) is 1. The lowest BCUT2D eigenvalue weighted by molar-refractivity contribution is -0.0203. The van der Waals surface area contributed by atoms with Gasteiger partial charge in [-0.05, 0) is 46.5 Å². The van der Waals surface area contributed by atoms with Crippen molar-refractivity contribution >= 4 is 21.6 Å². The summed E-state index contributed by atoms with van der Waals surface area (Å²) < 4.78 is 12.0. The first-order valence-electron chi connectivity index (χ1n) is 6.83. The van der Waals surface area contributed by atoms with E-state index in [9.17, 15) is 0 Å². The van der Waals surface area contributed by atoms with Gasteiger partial charge in [0.2, 0.25) is 5.82 Å². The van der Waals surface area contributed by atoms with Crippen molar-refractivity contribution in [1.29, 1.82) is 0 Å². The highest BCUT2D eigenvalue weighted by molar-refractivity contribution is 9.10. The minimum Gasteiger partial charge on any atom is -0.399 e. The van der Waals surface area contributed by atoms with E-state index in [1.165, 1.54) is 0 Å². The molecule has 1 aromatic carbocycles. The summed E-state index contributed by atoms with van der Waals surface area (Å²) in [5.74, 6) is 0.979. The van der Waals surface area contributed by atoms with E-state index in [0.29, 0.717) is 24.0 Å². The number of anilines is 1. The molecule has 0 saturated carbocycles. The topological polar surface area (TPSA) is 74.2 Å². The Kier molecular flexibility index (Phi) is 4.68. The van der Waals surface area contributed by atoms with Crippen LogP contribution < -0.4 is 5.73 Å². The average Bonchev–Trinajstić information content (AvgIpc) is 2.86. The molecule has 0 saturated heterocycles. The zero-order chi connectivity index (χ0) is 15.6. The largest absolute Gasteiger partial charge is 0.399 e. The number of rotatable bonds is 4. The van der Waals surface area contributed by atoms with Crippen LogP contribution in [0.25, 0.3) is 11.5 Å². The maximum atomic E-state index is 5.81. The van der Waals surface area contributed by atoms with E-state index < -0.39 is 0 Å². The molecule has 0 spiro atoms. The third-order valence-corrected chi connectivity index (χ3v) is 3.71. The van der Waals surface area contributed by atoms with E-state index >= 15 is 0 Å². The molecule has 0 aliphatic carbocycles. The molecule has 2 rings (SSSR count). The predicted octanol–water partition coefficient (Wildman–Crippen LogP) is 4.21. The Balaban J connectivity index is 2.38. The average molecular weight is 354 g/mol. The van der Waals surface area contributed by atoms with Gasteiger partial charge in [-0.2, -0.15) is 4.98 Å². The van der Waals surface area contributed by atoms with E-state index in [0.717, 1.165) is 10.0 Å². The van der Waals surface area contributed by atoms with Gasteiger partial charge >= 0.3 is 0 Å². The van der Waals surface area contributed by atoms with Crippen LogP contribution in [0.1, 0.15) is 39.6 Å². The molecule has 1 atom stereocenters. The van der Waals surface area contributed by atoms with Gasteiger partial charge in [-0.15, -0.1) is 0 Å². The molecule has 0 aliphatic heterocycles. The van der Waals surface area contributed by atoms with Crippen molar-refractivity contribution < 1.29 is 9.26 Å². The Morgan fingerprint density at radius 3 is 2.71 bits per heavy atom. The first-order chi connectivity index (χ1) is 9.82.